The number of aliphatic hydroxyl groups excluding tert-OH is 1. The first kappa shape index (κ1) is 27.2. The molecule has 0 saturated carbocycles. The van der Waals surface area contributed by atoms with Crippen molar-refractivity contribution in [1.29, 1.82) is 0 Å². The van der Waals surface area contributed by atoms with Crippen molar-refractivity contribution in [2.45, 2.75) is 39.0 Å². The zero-order valence-electron chi connectivity index (χ0n) is 22.1. The van der Waals surface area contributed by atoms with Crippen molar-refractivity contribution in [2.24, 2.45) is 5.92 Å². The summed E-state index contributed by atoms with van der Waals surface area (Å²) in [5.41, 5.74) is 2.90. The van der Waals surface area contributed by atoms with E-state index in [1.807, 2.05) is 32.2 Å². The molecule has 3 atom stereocenters. The third kappa shape index (κ3) is 6.93. The van der Waals surface area contributed by atoms with Crippen LogP contribution in [0.25, 0.3) is 0 Å². The fraction of sp³-hybridized carbons (Fsp3) is 0.379. The summed E-state index contributed by atoms with van der Waals surface area (Å²) in [5.74, 6) is 0.270. The molecule has 38 heavy (non-hydrogen) atoms. The maximum absolute atomic E-state index is 13.4. The number of nitrogens with one attached hydrogen (secondary N) is 1. The Morgan fingerprint density at radius 2 is 1.84 bits per heavy atom. The Morgan fingerprint density at radius 1 is 1.16 bits per heavy atom. The average molecular weight is 518 g/mol. The molecule has 0 saturated heterocycles. The van der Waals surface area contributed by atoms with Gasteiger partial charge in [0.1, 0.15) is 11.9 Å². The molecule has 1 aliphatic rings. The van der Waals surface area contributed by atoms with Crippen LogP contribution in [0.4, 0.5) is 5.69 Å². The normalized spacial score (nSPS) is 18.6. The molecule has 200 valence electrons. The van der Waals surface area contributed by atoms with Gasteiger partial charge in [-0.1, -0.05) is 6.92 Å². The third-order valence-electron chi connectivity index (χ3n) is 6.81. The molecule has 1 aliphatic heterocycles. The maximum atomic E-state index is 13.4. The molecule has 9 heteroatoms. The molecule has 1 aromatic carbocycles. The van der Waals surface area contributed by atoms with E-state index < -0.39 is 0 Å². The monoisotopic (exact) mass is 517 g/mol. The minimum absolute atomic E-state index is 0.00450. The highest BCUT2D eigenvalue weighted by atomic mass is 16.5. The second kappa shape index (κ2) is 12.6. The number of carbonyl (C=O) groups is 2. The van der Waals surface area contributed by atoms with Crippen LogP contribution in [0.2, 0.25) is 0 Å². The quantitative estimate of drug-likeness (QED) is 0.473. The smallest absolute Gasteiger partial charge is 0.255 e. The van der Waals surface area contributed by atoms with Crippen molar-refractivity contribution in [3.8, 4) is 5.75 Å². The Bertz CT molecular complexity index is 1220. The van der Waals surface area contributed by atoms with Gasteiger partial charge in [-0.3, -0.25) is 24.5 Å². The number of hydrogen-bond acceptors (Lipinski definition) is 7. The van der Waals surface area contributed by atoms with Gasteiger partial charge in [0, 0.05) is 67.2 Å². The third-order valence-corrected chi connectivity index (χ3v) is 6.81. The molecule has 4 rings (SSSR count). The zero-order chi connectivity index (χ0) is 27.1. The fourth-order valence-electron chi connectivity index (χ4n) is 4.60. The van der Waals surface area contributed by atoms with Gasteiger partial charge in [0.05, 0.1) is 19.1 Å². The predicted octanol–water partition coefficient (Wildman–Crippen LogP) is 3.01. The van der Waals surface area contributed by atoms with Gasteiger partial charge < -0.3 is 20.1 Å². The number of benzene rings is 1. The van der Waals surface area contributed by atoms with Gasteiger partial charge in [-0.25, -0.2) is 0 Å². The summed E-state index contributed by atoms with van der Waals surface area (Å²) in [6.07, 6.45) is 6.58. The summed E-state index contributed by atoms with van der Waals surface area (Å²) in [7, 11) is 2.04. The molecule has 0 unspecified atom stereocenters. The second-order valence-corrected chi connectivity index (χ2v) is 9.95. The number of hydrogen-bond donors (Lipinski definition) is 2. The highest BCUT2D eigenvalue weighted by Gasteiger charge is 2.31. The van der Waals surface area contributed by atoms with Crippen LogP contribution in [0.1, 0.15) is 35.3 Å². The number of aromatic nitrogens is 2. The molecule has 2 aromatic heterocycles. The van der Waals surface area contributed by atoms with E-state index >= 15 is 0 Å². The second-order valence-electron chi connectivity index (χ2n) is 9.95. The summed E-state index contributed by atoms with van der Waals surface area (Å²) in [6.45, 7) is 5.63. The number of amides is 2. The van der Waals surface area contributed by atoms with E-state index in [4.69, 9.17) is 4.74 Å². The van der Waals surface area contributed by atoms with Crippen LogP contribution >= 0.6 is 0 Å². The Labute approximate surface area is 223 Å². The minimum atomic E-state index is -0.323. The van der Waals surface area contributed by atoms with Crippen molar-refractivity contribution in [1.82, 2.24) is 19.8 Å². The first-order valence-electron chi connectivity index (χ1n) is 12.8. The fourth-order valence-corrected chi connectivity index (χ4v) is 4.60. The molecule has 0 fully saturated rings. The number of anilines is 1. The number of aliphatic hydroxyl groups is 1. The van der Waals surface area contributed by atoms with Crippen LogP contribution in [0.15, 0.2) is 67.3 Å². The van der Waals surface area contributed by atoms with Gasteiger partial charge in [0.2, 0.25) is 5.91 Å². The molecule has 0 aliphatic carbocycles. The van der Waals surface area contributed by atoms with Crippen LogP contribution in [0.5, 0.6) is 5.75 Å². The van der Waals surface area contributed by atoms with Gasteiger partial charge in [0.15, 0.2) is 0 Å². The SMILES string of the molecule is C[C@@H]1CN([C@@H](C)CO)C(=O)Cc2cc(NC(=O)c3ccncc3)ccc2O[C@@H]1CN(C)Cc1ccncc1. The van der Waals surface area contributed by atoms with E-state index in [0.29, 0.717) is 35.7 Å². The highest BCUT2D eigenvalue weighted by molar-refractivity contribution is 6.04. The van der Waals surface area contributed by atoms with Gasteiger partial charge in [0.25, 0.3) is 5.91 Å². The Morgan fingerprint density at radius 3 is 2.53 bits per heavy atom. The molecule has 9 nitrogen and oxygen atoms in total. The number of carbonyl (C=O) groups excluding carboxylic acids is 2. The summed E-state index contributed by atoms with van der Waals surface area (Å²) in [6, 6.07) is 12.3. The van der Waals surface area contributed by atoms with Crippen molar-refractivity contribution in [2.75, 3.05) is 32.1 Å². The first-order valence-corrected chi connectivity index (χ1v) is 12.8. The van der Waals surface area contributed by atoms with Gasteiger partial charge >= 0.3 is 0 Å². The summed E-state index contributed by atoms with van der Waals surface area (Å²) in [4.78, 5) is 38.1. The summed E-state index contributed by atoms with van der Waals surface area (Å²) in [5, 5.41) is 12.8. The number of ether oxygens (including phenoxy) is 1. The van der Waals surface area contributed by atoms with E-state index in [1.165, 1.54) is 0 Å². The van der Waals surface area contributed by atoms with Crippen LogP contribution in [0.3, 0.4) is 0 Å². The molecular weight excluding hydrogens is 482 g/mol. The number of fused-ring (bicyclic) bond motifs is 1. The molecular formula is C29H35N5O4. The van der Waals surface area contributed by atoms with Crippen LogP contribution < -0.4 is 10.1 Å². The van der Waals surface area contributed by atoms with E-state index in [1.54, 1.807) is 54.0 Å². The molecule has 2 amide bonds. The average Bonchev–Trinajstić information content (AvgIpc) is 2.97. The van der Waals surface area contributed by atoms with E-state index in [0.717, 1.165) is 12.1 Å². The lowest BCUT2D eigenvalue weighted by Gasteiger charge is -2.34. The standard InChI is InChI=1S/C29H35N5O4/c1-20-16-34(21(2)19-35)28(36)15-24-14-25(32-29(37)23-8-12-31-13-9-23)4-5-26(24)38-27(20)18-33(3)17-22-6-10-30-11-7-22/h4-14,20-21,27,35H,15-19H2,1-3H3,(H,32,37)/t20-,21+,27-/m1/s1. The summed E-state index contributed by atoms with van der Waals surface area (Å²) < 4.78 is 6.58. The maximum Gasteiger partial charge on any atom is 0.255 e. The predicted molar refractivity (Wildman–Crippen MR) is 145 cm³/mol. The van der Waals surface area contributed by atoms with Crippen molar-refractivity contribution in [3.05, 3.63) is 83.9 Å². The molecule has 0 radical (unpaired) electrons. The van der Waals surface area contributed by atoms with Gasteiger partial charge in [-0.2, -0.15) is 0 Å². The van der Waals surface area contributed by atoms with Gasteiger partial charge in [-0.15, -0.1) is 0 Å². The lowest BCUT2D eigenvalue weighted by Crippen LogP contribution is -2.47. The summed E-state index contributed by atoms with van der Waals surface area (Å²) >= 11 is 0. The highest BCUT2D eigenvalue weighted by Crippen LogP contribution is 2.29. The number of pyridine rings is 2. The minimum Gasteiger partial charge on any atom is -0.488 e. The Balaban J connectivity index is 1.60. The van der Waals surface area contributed by atoms with Gasteiger partial charge in [-0.05, 0) is 62.0 Å². The largest absolute Gasteiger partial charge is 0.488 e. The van der Waals surface area contributed by atoms with Crippen molar-refractivity contribution < 1.29 is 19.4 Å². The van der Waals surface area contributed by atoms with Crippen LogP contribution in [-0.4, -0.2) is 75.6 Å². The Hall–Kier alpha value is -3.82. The van der Waals surface area contributed by atoms with Crippen molar-refractivity contribution >= 4 is 17.5 Å². The lowest BCUT2D eigenvalue weighted by atomic mass is 10.0. The molecule has 0 bridgehead atoms. The van der Waals surface area contributed by atoms with E-state index in [9.17, 15) is 14.7 Å². The number of likely N-dealkylation sites (N-methyl/N-ethyl adjacent to an activating group) is 1. The number of rotatable bonds is 8. The first-order chi connectivity index (χ1) is 18.3. The zero-order valence-corrected chi connectivity index (χ0v) is 22.1. The molecule has 3 aromatic rings. The molecule has 2 N–H and O–H groups in total. The molecule has 0 spiro atoms. The lowest BCUT2D eigenvalue weighted by molar-refractivity contribution is -0.134. The van der Waals surface area contributed by atoms with Crippen LogP contribution in [0, 0.1) is 5.92 Å². The number of nitrogens with zero attached hydrogens (tertiary/aromatic N) is 4. The Kier molecular flexibility index (Phi) is 9.04. The molecule has 3 heterocycles. The van der Waals surface area contributed by atoms with Crippen LogP contribution in [-0.2, 0) is 17.8 Å². The van der Waals surface area contributed by atoms with E-state index in [-0.39, 0.29) is 42.9 Å². The topological polar surface area (TPSA) is 108 Å². The van der Waals surface area contributed by atoms with E-state index in [2.05, 4.69) is 27.1 Å². The van der Waals surface area contributed by atoms with Crippen molar-refractivity contribution in [3.63, 3.8) is 0 Å².